The Bertz CT molecular complexity index is 678. The van der Waals surface area contributed by atoms with Crippen LogP contribution in [0.25, 0.3) is 10.8 Å². The summed E-state index contributed by atoms with van der Waals surface area (Å²) in [6, 6.07) is 14.0. The molecule has 2 heterocycles. The first kappa shape index (κ1) is 19.8. The normalized spacial score (nSPS) is 19.3. The molecule has 4 heteroatoms. The highest BCUT2D eigenvalue weighted by Crippen LogP contribution is 2.20. The third-order valence-electron chi connectivity index (χ3n) is 6.06. The largest absolute Gasteiger partial charge is 0.379 e. The van der Waals surface area contributed by atoms with Gasteiger partial charge in [-0.05, 0) is 60.7 Å². The van der Waals surface area contributed by atoms with Crippen molar-refractivity contribution < 1.29 is 9.47 Å². The third kappa shape index (κ3) is 5.77. The fraction of sp³-hybridized carbons (Fsp3) is 0.583. The minimum atomic E-state index is 0.893. The van der Waals surface area contributed by atoms with Crippen molar-refractivity contribution in [3.63, 3.8) is 0 Å². The van der Waals surface area contributed by atoms with Crippen LogP contribution >= 0.6 is 0 Å². The molecule has 0 radical (unpaired) electrons. The van der Waals surface area contributed by atoms with E-state index in [1.165, 1.54) is 47.8 Å². The first-order valence-corrected chi connectivity index (χ1v) is 11.0. The summed E-state index contributed by atoms with van der Waals surface area (Å²) < 4.78 is 10.9. The second-order valence-electron chi connectivity index (χ2n) is 8.13. The van der Waals surface area contributed by atoms with Gasteiger partial charge >= 0.3 is 0 Å². The highest BCUT2D eigenvalue weighted by Gasteiger charge is 2.10. The Morgan fingerprint density at radius 1 is 0.607 bits per heavy atom. The van der Waals surface area contributed by atoms with E-state index in [0.717, 1.165) is 65.4 Å². The van der Waals surface area contributed by atoms with Crippen LogP contribution in [0.15, 0.2) is 36.4 Å². The molecule has 0 N–H and O–H groups in total. The van der Waals surface area contributed by atoms with Crippen molar-refractivity contribution in [3.8, 4) is 0 Å². The molecule has 2 aromatic rings. The molecule has 2 aliphatic heterocycles. The minimum absolute atomic E-state index is 0.893. The maximum Gasteiger partial charge on any atom is 0.0594 e. The van der Waals surface area contributed by atoms with Crippen LogP contribution in [0.4, 0.5) is 0 Å². The van der Waals surface area contributed by atoms with Crippen LogP contribution < -0.4 is 0 Å². The minimum Gasteiger partial charge on any atom is -0.379 e. The summed E-state index contributed by atoms with van der Waals surface area (Å²) in [6.07, 6.45) is 4.78. The number of nitrogens with zero attached hydrogens (tertiary/aromatic N) is 2. The number of hydrogen-bond donors (Lipinski definition) is 0. The molecule has 0 aromatic heterocycles. The molecular formula is C24H34N2O2. The van der Waals surface area contributed by atoms with Crippen molar-refractivity contribution in [3.05, 3.63) is 47.5 Å². The van der Waals surface area contributed by atoms with Crippen molar-refractivity contribution in [1.82, 2.24) is 9.80 Å². The quantitative estimate of drug-likeness (QED) is 0.699. The number of aryl methyl sites for hydroxylation is 2. The Morgan fingerprint density at radius 3 is 1.54 bits per heavy atom. The Hall–Kier alpha value is -1.46. The Balaban J connectivity index is 1.28. The number of benzene rings is 2. The van der Waals surface area contributed by atoms with E-state index in [2.05, 4.69) is 46.2 Å². The highest BCUT2D eigenvalue weighted by molar-refractivity contribution is 5.83. The van der Waals surface area contributed by atoms with Crippen molar-refractivity contribution in [2.45, 2.75) is 25.7 Å². The van der Waals surface area contributed by atoms with E-state index in [0.29, 0.717) is 0 Å². The third-order valence-corrected chi connectivity index (χ3v) is 6.06. The van der Waals surface area contributed by atoms with Gasteiger partial charge in [0, 0.05) is 26.2 Å². The Kier molecular flexibility index (Phi) is 7.34. The molecule has 152 valence electrons. The summed E-state index contributed by atoms with van der Waals surface area (Å²) in [7, 11) is 0. The summed E-state index contributed by atoms with van der Waals surface area (Å²) in [5.74, 6) is 0. The van der Waals surface area contributed by atoms with Gasteiger partial charge in [0.2, 0.25) is 0 Å². The van der Waals surface area contributed by atoms with Gasteiger partial charge in [0.1, 0.15) is 0 Å². The molecular weight excluding hydrogens is 348 g/mol. The molecule has 0 bridgehead atoms. The van der Waals surface area contributed by atoms with E-state index in [9.17, 15) is 0 Å². The van der Waals surface area contributed by atoms with Gasteiger partial charge in [0.15, 0.2) is 0 Å². The van der Waals surface area contributed by atoms with Gasteiger partial charge in [-0.1, -0.05) is 36.4 Å². The van der Waals surface area contributed by atoms with Crippen LogP contribution in [0, 0.1) is 0 Å². The lowest BCUT2D eigenvalue weighted by Crippen LogP contribution is -2.36. The average Bonchev–Trinajstić information content (AvgIpc) is 2.75. The predicted molar refractivity (Wildman–Crippen MR) is 115 cm³/mol. The number of rotatable bonds is 8. The van der Waals surface area contributed by atoms with Gasteiger partial charge < -0.3 is 9.47 Å². The zero-order chi connectivity index (χ0) is 19.0. The summed E-state index contributed by atoms with van der Waals surface area (Å²) >= 11 is 0. The van der Waals surface area contributed by atoms with Crippen LogP contribution in [0.2, 0.25) is 0 Å². The zero-order valence-corrected chi connectivity index (χ0v) is 17.1. The van der Waals surface area contributed by atoms with Gasteiger partial charge in [-0.2, -0.15) is 0 Å². The second kappa shape index (κ2) is 10.4. The van der Waals surface area contributed by atoms with Gasteiger partial charge in [-0.25, -0.2) is 0 Å². The fourth-order valence-electron chi connectivity index (χ4n) is 4.32. The van der Waals surface area contributed by atoms with Gasteiger partial charge in [0.05, 0.1) is 26.4 Å². The van der Waals surface area contributed by atoms with E-state index < -0.39 is 0 Å². The molecule has 4 nitrogen and oxygen atoms in total. The zero-order valence-electron chi connectivity index (χ0n) is 17.1. The maximum atomic E-state index is 5.44. The van der Waals surface area contributed by atoms with Crippen LogP contribution in [-0.2, 0) is 22.3 Å². The summed E-state index contributed by atoms with van der Waals surface area (Å²) in [5, 5.41) is 2.75. The van der Waals surface area contributed by atoms with E-state index in [1.807, 2.05) is 0 Å². The van der Waals surface area contributed by atoms with Gasteiger partial charge in [-0.15, -0.1) is 0 Å². The molecule has 2 fully saturated rings. The molecule has 0 amide bonds. The molecule has 0 saturated carbocycles. The fourth-order valence-corrected chi connectivity index (χ4v) is 4.32. The topological polar surface area (TPSA) is 24.9 Å². The lowest BCUT2D eigenvalue weighted by Gasteiger charge is -2.26. The van der Waals surface area contributed by atoms with E-state index in [1.54, 1.807) is 0 Å². The molecule has 0 atom stereocenters. The van der Waals surface area contributed by atoms with Gasteiger partial charge in [0.25, 0.3) is 0 Å². The summed E-state index contributed by atoms with van der Waals surface area (Å²) in [6.45, 7) is 10.3. The lowest BCUT2D eigenvalue weighted by atomic mass is 10.00. The number of morpholine rings is 2. The van der Waals surface area contributed by atoms with Crippen molar-refractivity contribution in [1.29, 1.82) is 0 Å². The lowest BCUT2D eigenvalue weighted by molar-refractivity contribution is 0.0374. The van der Waals surface area contributed by atoms with Crippen LogP contribution in [-0.4, -0.2) is 75.5 Å². The molecule has 28 heavy (non-hydrogen) atoms. The number of ether oxygens (including phenoxy) is 2. The van der Waals surface area contributed by atoms with Crippen LogP contribution in [0.5, 0.6) is 0 Å². The maximum absolute atomic E-state index is 5.44. The number of hydrogen-bond acceptors (Lipinski definition) is 4. The molecule has 0 spiro atoms. The Morgan fingerprint density at radius 2 is 1.07 bits per heavy atom. The Labute approximate surface area is 169 Å². The second-order valence-corrected chi connectivity index (χ2v) is 8.13. The van der Waals surface area contributed by atoms with Gasteiger partial charge in [-0.3, -0.25) is 9.80 Å². The molecule has 2 aliphatic rings. The van der Waals surface area contributed by atoms with Crippen molar-refractivity contribution in [2.24, 2.45) is 0 Å². The van der Waals surface area contributed by atoms with Crippen molar-refractivity contribution in [2.75, 3.05) is 65.7 Å². The van der Waals surface area contributed by atoms with E-state index in [4.69, 9.17) is 9.47 Å². The van der Waals surface area contributed by atoms with Crippen molar-refractivity contribution >= 4 is 10.8 Å². The molecule has 0 aliphatic carbocycles. The molecule has 4 rings (SSSR count). The molecule has 0 unspecified atom stereocenters. The SMILES string of the molecule is c1cc2ccc(CCCN3CCOCC3)cc2cc1CCCN1CCOCC1. The summed E-state index contributed by atoms with van der Waals surface area (Å²) in [5.41, 5.74) is 2.93. The highest BCUT2D eigenvalue weighted by atomic mass is 16.5. The monoisotopic (exact) mass is 382 g/mol. The van der Waals surface area contributed by atoms with Crippen LogP contribution in [0.1, 0.15) is 24.0 Å². The van der Waals surface area contributed by atoms with Crippen LogP contribution in [0.3, 0.4) is 0 Å². The first-order chi connectivity index (χ1) is 13.9. The van der Waals surface area contributed by atoms with E-state index >= 15 is 0 Å². The molecule has 2 saturated heterocycles. The summed E-state index contributed by atoms with van der Waals surface area (Å²) in [4.78, 5) is 5.05. The average molecular weight is 383 g/mol. The smallest absolute Gasteiger partial charge is 0.0594 e. The first-order valence-electron chi connectivity index (χ1n) is 11.0. The standard InChI is InChI=1S/C24H34N2O2/c1(9-25-11-15-27-16-12-25)3-21-5-7-23-8-6-22(20-24(23)19-21)4-2-10-26-13-17-28-18-14-26/h5-8,19-20H,1-4,9-18H2. The predicted octanol–water partition coefficient (Wildman–Crippen LogP) is 3.37. The number of fused-ring (bicyclic) bond motifs is 1. The molecule has 2 aromatic carbocycles. The van der Waals surface area contributed by atoms with E-state index in [-0.39, 0.29) is 0 Å².